The Balaban J connectivity index is 2.29. The smallest absolute Gasteiger partial charge is 0.329 e. The topological polar surface area (TPSA) is 113 Å². The first-order valence-electron chi connectivity index (χ1n) is 6.76. The van der Waals surface area contributed by atoms with Crippen molar-refractivity contribution in [2.24, 2.45) is 5.84 Å². The van der Waals surface area contributed by atoms with Crippen molar-refractivity contribution in [3.05, 3.63) is 16.3 Å². The molecule has 1 saturated carbocycles. The van der Waals surface area contributed by atoms with E-state index in [1.165, 1.54) is 12.6 Å². The quantitative estimate of drug-likeness (QED) is 0.445. The fraction of sp³-hybridized carbons (Fsp3) is 0.667. The zero-order valence-corrected chi connectivity index (χ0v) is 12.5. The lowest BCUT2D eigenvalue weighted by Gasteiger charge is -2.49. The second-order valence-electron chi connectivity index (χ2n) is 5.63. The third-order valence-electron chi connectivity index (χ3n) is 4.20. The van der Waals surface area contributed by atoms with Crippen LogP contribution in [0.3, 0.4) is 0 Å². The summed E-state index contributed by atoms with van der Waals surface area (Å²) in [7, 11) is 5.88. The minimum absolute atomic E-state index is 0.0455. The van der Waals surface area contributed by atoms with E-state index < -0.39 is 4.92 Å². The van der Waals surface area contributed by atoms with E-state index in [4.69, 9.17) is 5.84 Å². The molecular formula is C12H21N7O2. The SMILES string of the molecule is CN(CC1(N(C)C)CCC1)c1nc(NN)ncc1[N+](=O)[O-]. The number of nitrogens with two attached hydrogens (primary N) is 1. The van der Waals surface area contributed by atoms with Gasteiger partial charge in [0, 0.05) is 19.1 Å². The van der Waals surface area contributed by atoms with Gasteiger partial charge in [-0.1, -0.05) is 0 Å². The van der Waals surface area contributed by atoms with Gasteiger partial charge in [-0.05, 0) is 33.4 Å². The predicted octanol–water partition coefficient (Wildman–Crippen LogP) is 0.591. The zero-order valence-electron chi connectivity index (χ0n) is 12.5. The van der Waals surface area contributed by atoms with E-state index in [-0.39, 0.29) is 23.0 Å². The first-order chi connectivity index (χ1) is 9.89. The molecule has 0 aliphatic heterocycles. The van der Waals surface area contributed by atoms with Gasteiger partial charge in [-0.3, -0.25) is 15.5 Å². The van der Waals surface area contributed by atoms with Gasteiger partial charge in [0.05, 0.1) is 4.92 Å². The van der Waals surface area contributed by atoms with Crippen molar-refractivity contribution in [3.8, 4) is 0 Å². The second kappa shape index (κ2) is 5.78. The first-order valence-corrected chi connectivity index (χ1v) is 6.76. The van der Waals surface area contributed by atoms with Crippen molar-refractivity contribution in [1.82, 2.24) is 14.9 Å². The Labute approximate surface area is 123 Å². The molecule has 0 amide bonds. The minimum atomic E-state index is -0.477. The van der Waals surface area contributed by atoms with Crippen LogP contribution >= 0.6 is 0 Å². The predicted molar refractivity (Wildman–Crippen MR) is 80.0 cm³/mol. The molecule has 0 bridgehead atoms. The van der Waals surface area contributed by atoms with Crippen LogP contribution in [0.1, 0.15) is 19.3 Å². The maximum atomic E-state index is 11.1. The minimum Gasteiger partial charge on any atom is -0.352 e. The van der Waals surface area contributed by atoms with Gasteiger partial charge in [0.15, 0.2) is 0 Å². The van der Waals surface area contributed by atoms with E-state index in [1.54, 1.807) is 11.9 Å². The van der Waals surface area contributed by atoms with Crippen molar-refractivity contribution >= 4 is 17.5 Å². The number of likely N-dealkylation sites (N-methyl/N-ethyl adjacent to an activating group) is 2. The van der Waals surface area contributed by atoms with Gasteiger partial charge in [-0.15, -0.1) is 0 Å². The largest absolute Gasteiger partial charge is 0.352 e. The van der Waals surface area contributed by atoms with Crippen LogP contribution in [-0.4, -0.2) is 53.0 Å². The highest BCUT2D eigenvalue weighted by Gasteiger charge is 2.41. The van der Waals surface area contributed by atoms with E-state index in [9.17, 15) is 10.1 Å². The number of nitrogens with zero attached hydrogens (tertiary/aromatic N) is 5. The summed E-state index contributed by atoms with van der Waals surface area (Å²) < 4.78 is 0. The monoisotopic (exact) mass is 295 g/mol. The van der Waals surface area contributed by atoms with E-state index in [1.807, 2.05) is 14.1 Å². The molecule has 1 aliphatic carbocycles. The molecule has 1 aromatic rings. The summed E-state index contributed by atoms with van der Waals surface area (Å²) in [5.74, 6) is 5.72. The summed E-state index contributed by atoms with van der Waals surface area (Å²) in [5, 5.41) is 11.1. The van der Waals surface area contributed by atoms with Crippen molar-refractivity contribution < 1.29 is 4.92 Å². The summed E-state index contributed by atoms with van der Waals surface area (Å²) >= 11 is 0. The third kappa shape index (κ3) is 2.88. The molecular weight excluding hydrogens is 274 g/mol. The molecule has 3 N–H and O–H groups in total. The number of rotatable bonds is 6. The van der Waals surface area contributed by atoms with Gasteiger partial charge in [-0.2, -0.15) is 4.98 Å². The number of nitrogen functional groups attached to an aromatic ring is 1. The van der Waals surface area contributed by atoms with Crippen LogP contribution in [0.4, 0.5) is 17.5 Å². The molecule has 116 valence electrons. The van der Waals surface area contributed by atoms with Gasteiger partial charge >= 0.3 is 5.69 Å². The summed E-state index contributed by atoms with van der Waals surface area (Å²) in [6.45, 7) is 0.669. The number of anilines is 2. The Morgan fingerprint density at radius 3 is 2.57 bits per heavy atom. The Morgan fingerprint density at radius 2 is 2.14 bits per heavy atom. The number of hydrogen-bond acceptors (Lipinski definition) is 8. The molecule has 1 fully saturated rings. The normalized spacial score (nSPS) is 16.4. The number of aromatic nitrogens is 2. The third-order valence-corrected chi connectivity index (χ3v) is 4.20. The molecule has 0 aromatic carbocycles. The van der Waals surface area contributed by atoms with Crippen LogP contribution in [0.25, 0.3) is 0 Å². The summed E-state index contributed by atoms with van der Waals surface area (Å²) in [6.07, 6.45) is 4.50. The van der Waals surface area contributed by atoms with Crippen LogP contribution in [0.2, 0.25) is 0 Å². The first kappa shape index (κ1) is 15.4. The van der Waals surface area contributed by atoms with Crippen LogP contribution in [0.5, 0.6) is 0 Å². The molecule has 9 heteroatoms. The average molecular weight is 295 g/mol. The molecule has 1 aromatic heterocycles. The van der Waals surface area contributed by atoms with Crippen molar-refractivity contribution in [3.63, 3.8) is 0 Å². The number of hydrogen-bond donors (Lipinski definition) is 2. The lowest BCUT2D eigenvalue weighted by molar-refractivity contribution is -0.384. The highest BCUT2D eigenvalue weighted by molar-refractivity contribution is 5.58. The molecule has 0 atom stereocenters. The summed E-state index contributed by atoms with van der Waals surface area (Å²) in [5.41, 5.74) is 2.24. The van der Waals surface area contributed by atoms with E-state index >= 15 is 0 Å². The molecule has 1 aliphatic rings. The van der Waals surface area contributed by atoms with E-state index in [2.05, 4.69) is 20.3 Å². The van der Waals surface area contributed by atoms with Gasteiger partial charge in [0.1, 0.15) is 6.20 Å². The van der Waals surface area contributed by atoms with Gasteiger partial charge in [0.2, 0.25) is 11.8 Å². The van der Waals surface area contributed by atoms with Gasteiger partial charge in [0.25, 0.3) is 0 Å². The Hall–Kier alpha value is -2.00. The molecule has 9 nitrogen and oxygen atoms in total. The van der Waals surface area contributed by atoms with Crippen LogP contribution in [-0.2, 0) is 0 Å². The number of nitro groups is 1. The fourth-order valence-electron chi connectivity index (χ4n) is 2.69. The van der Waals surface area contributed by atoms with Crippen molar-refractivity contribution in [1.29, 1.82) is 0 Å². The summed E-state index contributed by atoms with van der Waals surface area (Å²) in [6, 6.07) is 0. The average Bonchev–Trinajstić information content (AvgIpc) is 2.41. The van der Waals surface area contributed by atoms with Crippen LogP contribution in [0, 0.1) is 10.1 Å². The maximum absolute atomic E-state index is 11.1. The molecule has 0 radical (unpaired) electrons. The van der Waals surface area contributed by atoms with Gasteiger partial charge < -0.3 is 9.80 Å². The van der Waals surface area contributed by atoms with E-state index in [0.29, 0.717) is 6.54 Å². The fourth-order valence-corrected chi connectivity index (χ4v) is 2.69. The molecule has 0 unspecified atom stereocenters. The van der Waals surface area contributed by atoms with Gasteiger partial charge in [-0.25, -0.2) is 10.8 Å². The van der Waals surface area contributed by atoms with Crippen LogP contribution < -0.4 is 16.2 Å². The summed E-state index contributed by atoms with van der Waals surface area (Å²) in [4.78, 5) is 22.6. The van der Waals surface area contributed by atoms with Crippen molar-refractivity contribution in [2.75, 3.05) is 38.0 Å². The molecule has 1 heterocycles. The van der Waals surface area contributed by atoms with Crippen molar-refractivity contribution in [2.45, 2.75) is 24.8 Å². The molecule has 0 spiro atoms. The number of nitrogens with one attached hydrogen (secondary N) is 1. The van der Waals surface area contributed by atoms with Crippen LogP contribution in [0.15, 0.2) is 6.20 Å². The molecule has 21 heavy (non-hydrogen) atoms. The highest BCUT2D eigenvalue weighted by Crippen LogP contribution is 2.38. The number of hydrazine groups is 1. The highest BCUT2D eigenvalue weighted by atomic mass is 16.6. The standard InChI is InChI=1S/C12H21N7O2/c1-17(2)12(5-4-6-12)8-18(3)10-9(19(20)21)7-14-11(15-10)16-13/h7H,4-6,8,13H2,1-3H3,(H,14,15,16). The lowest BCUT2D eigenvalue weighted by atomic mass is 9.75. The maximum Gasteiger partial charge on any atom is 0.329 e. The molecule has 0 saturated heterocycles. The lowest BCUT2D eigenvalue weighted by Crippen LogP contribution is -2.57. The second-order valence-corrected chi connectivity index (χ2v) is 5.63. The zero-order chi connectivity index (χ0) is 15.6. The van der Waals surface area contributed by atoms with E-state index in [0.717, 1.165) is 12.8 Å². The Kier molecular flexibility index (Phi) is 4.24. The Bertz CT molecular complexity index is 530. The Morgan fingerprint density at radius 1 is 1.48 bits per heavy atom. The molecule has 2 rings (SSSR count).